The molecule has 4 nitrogen and oxygen atoms in total. The van der Waals surface area contributed by atoms with E-state index in [2.05, 4.69) is 22.5 Å². The van der Waals surface area contributed by atoms with Gasteiger partial charge in [-0.25, -0.2) is 4.98 Å². The summed E-state index contributed by atoms with van der Waals surface area (Å²) in [6.45, 7) is 8.09. The van der Waals surface area contributed by atoms with Crippen LogP contribution in [0.5, 0.6) is 5.75 Å². The van der Waals surface area contributed by atoms with Crippen LogP contribution in [0, 0.1) is 5.92 Å². The van der Waals surface area contributed by atoms with Crippen molar-refractivity contribution >= 4 is 5.82 Å². The summed E-state index contributed by atoms with van der Waals surface area (Å²) in [6.07, 6.45) is 1.94. The summed E-state index contributed by atoms with van der Waals surface area (Å²) in [5, 5.41) is 6.49. The molecule has 0 radical (unpaired) electrons. The number of nitrogens with zero attached hydrogens (tertiary/aromatic N) is 1. The maximum Gasteiger partial charge on any atom is 0.168 e. The van der Waals surface area contributed by atoms with Crippen molar-refractivity contribution < 1.29 is 4.74 Å². The molecule has 0 aromatic carbocycles. The van der Waals surface area contributed by atoms with Crippen molar-refractivity contribution in [1.29, 1.82) is 0 Å². The lowest BCUT2D eigenvalue weighted by Crippen LogP contribution is -2.23. The van der Waals surface area contributed by atoms with Gasteiger partial charge in [0.1, 0.15) is 0 Å². The summed E-state index contributed by atoms with van der Waals surface area (Å²) >= 11 is 0. The molecule has 0 amide bonds. The first-order valence-corrected chi connectivity index (χ1v) is 6.13. The van der Waals surface area contributed by atoms with Gasteiger partial charge >= 0.3 is 0 Å². The number of pyridine rings is 1. The Morgan fingerprint density at radius 2 is 2.06 bits per heavy atom. The summed E-state index contributed by atoms with van der Waals surface area (Å²) < 4.78 is 5.70. The molecule has 0 aliphatic carbocycles. The number of hydrogen-bond acceptors (Lipinski definition) is 4. The number of rotatable bonds is 7. The van der Waals surface area contributed by atoms with Gasteiger partial charge in [-0.3, -0.25) is 0 Å². The molecule has 1 rings (SSSR count). The summed E-state index contributed by atoms with van der Waals surface area (Å²) in [5.41, 5.74) is 0. The van der Waals surface area contributed by atoms with Crippen LogP contribution in [-0.4, -0.2) is 31.2 Å². The third-order valence-corrected chi connectivity index (χ3v) is 2.30. The standard InChI is InChI=1S/C13H23N3O/c1-10(2)17-12-6-5-7-15-13(12)16-9-11(3)8-14-4/h5-7,10-11,14H,8-9H2,1-4H3,(H,15,16). The molecule has 0 aliphatic heterocycles. The van der Waals surface area contributed by atoms with Crippen molar-refractivity contribution in [3.8, 4) is 5.75 Å². The minimum Gasteiger partial charge on any atom is -0.487 e. The molecule has 1 aromatic rings. The van der Waals surface area contributed by atoms with Crippen LogP contribution in [0.15, 0.2) is 18.3 Å². The smallest absolute Gasteiger partial charge is 0.168 e. The lowest BCUT2D eigenvalue weighted by molar-refractivity contribution is 0.243. The molecule has 1 atom stereocenters. The lowest BCUT2D eigenvalue weighted by Gasteiger charge is -2.16. The molecule has 0 fully saturated rings. The number of ether oxygens (including phenoxy) is 1. The maximum atomic E-state index is 5.70. The third kappa shape index (κ3) is 5.04. The van der Waals surface area contributed by atoms with Gasteiger partial charge < -0.3 is 15.4 Å². The van der Waals surface area contributed by atoms with Crippen LogP contribution >= 0.6 is 0 Å². The Morgan fingerprint density at radius 1 is 1.29 bits per heavy atom. The fourth-order valence-corrected chi connectivity index (χ4v) is 1.56. The van der Waals surface area contributed by atoms with Gasteiger partial charge in [-0.05, 0) is 45.5 Å². The first kappa shape index (κ1) is 13.8. The van der Waals surface area contributed by atoms with E-state index in [1.807, 2.05) is 33.0 Å². The molecule has 17 heavy (non-hydrogen) atoms. The molecule has 96 valence electrons. The summed E-state index contributed by atoms with van der Waals surface area (Å²) in [7, 11) is 1.96. The first-order chi connectivity index (χ1) is 8.13. The zero-order valence-corrected chi connectivity index (χ0v) is 11.2. The highest BCUT2D eigenvalue weighted by molar-refractivity contribution is 5.49. The second-order valence-corrected chi connectivity index (χ2v) is 4.56. The van der Waals surface area contributed by atoms with E-state index in [1.54, 1.807) is 6.20 Å². The van der Waals surface area contributed by atoms with E-state index in [0.29, 0.717) is 5.92 Å². The largest absolute Gasteiger partial charge is 0.487 e. The minimum atomic E-state index is 0.162. The van der Waals surface area contributed by atoms with Gasteiger partial charge in [-0.15, -0.1) is 0 Å². The summed E-state index contributed by atoms with van der Waals surface area (Å²) in [6, 6.07) is 3.83. The fourth-order valence-electron chi connectivity index (χ4n) is 1.56. The number of nitrogens with one attached hydrogen (secondary N) is 2. The highest BCUT2D eigenvalue weighted by Crippen LogP contribution is 2.22. The van der Waals surface area contributed by atoms with Crippen LogP contribution in [0.2, 0.25) is 0 Å². The van der Waals surface area contributed by atoms with E-state index in [1.165, 1.54) is 0 Å². The van der Waals surface area contributed by atoms with Crippen LogP contribution in [0.3, 0.4) is 0 Å². The van der Waals surface area contributed by atoms with Gasteiger partial charge in [0.15, 0.2) is 11.6 Å². The monoisotopic (exact) mass is 237 g/mol. The second kappa shape index (κ2) is 7.12. The van der Waals surface area contributed by atoms with Crippen LogP contribution in [0.4, 0.5) is 5.82 Å². The van der Waals surface area contributed by atoms with Crippen molar-refractivity contribution in [1.82, 2.24) is 10.3 Å². The van der Waals surface area contributed by atoms with Crippen LogP contribution < -0.4 is 15.4 Å². The van der Waals surface area contributed by atoms with Gasteiger partial charge in [0.25, 0.3) is 0 Å². The van der Waals surface area contributed by atoms with Gasteiger partial charge in [0, 0.05) is 12.7 Å². The highest BCUT2D eigenvalue weighted by atomic mass is 16.5. The molecular formula is C13H23N3O. The summed E-state index contributed by atoms with van der Waals surface area (Å²) in [5.74, 6) is 2.19. The fraction of sp³-hybridized carbons (Fsp3) is 0.615. The van der Waals surface area contributed by atoms with E-state index in [0.717, 1.165) is 24.7 Å². The molecule has 0 spiro atoms. The Kier molecular flexibility index (Phi) is 5.77. The quantitative estimate of drug-likeness (QED) is 0.762. The summed E-state index contributed by atoms with van der Waals surface area (Å²) in [4.78, 5) is 4.31. The first-order valence-electron chi connectivity index (χ1n) is 6.13. The molecule has 4 heteroatoms. The molecule has 0 saturated carbocycles. The van der Waals surface area contributed by atoms with E-state index in [4.69, 9.17) is 4.74 Å². The SMILES string of the molecule is CNCC(C)CNc1ncccc1OC(C)C. The zero-order valence-electron chi connectivity index (χ0n) is 11.2. The second-order valence-electron chi connectivity index (χ2n) is 4.56. The van der Waals surface area contributed by atoms with Gasteiger partial charge in [0.05, 0.1) is 6.10 Å². The van der Waals surface area contributed by atoms with E-state index in [9.17, 15) is 0 Å². The molecular weight excluding hydrogens is 214 g/mol. The van der Waals surface area contributed by atoms with Crippen LogP contribution in [0.25, 0.3) is 0 Å². The molecule has 1 aromatic heterocycles. The van der Waals surface area contributed by atoms with Gasteiger partial charge in [0.2, 0.25) is 0 Å². The molecule has 0 aliphatic rings. The highest BCUT2D eigenvalue weighted by Gasteiger charge is 2.07. The molecule has 0 saturated heterocycles. The Bertz CT molecular complexity index is 328. The molecule has 1 unspecified atom stereocenters. The maximum absolute atomic E-state index is 5.70. The normalized spacial score (nSPS) is 12.5. The predicted molar refractivity (Wildman–Crippen MR) is 71.6 cm³/mol. The predicted octanol–water partition coefficient (Wildman–Crippen LogP) is 2.14. The number of hydrogen-bond donors (Lipinski definition) is 2. The Hall–Kier alpha value is -1.29. The zero-order chi connectivity index (χ0) is 12.7. The van der Waals surface area contributed by atoms with Crippen LogP contribution in [0.1, 0.15) is 20.8 Å². The molecule has 0 bridgehead atoms. The van der Waals surface area contributed by atoms with E-state index < -0.39 is 0 Å². The Balaban J connectivity index is 2.57. The van der Waals surface area contributed by atoms with Gasteiger partial charge in [-0.1, -0.05) is 6.92 Å². The van der Waals surface area contributed by atoms with Crippen molar-refractivity contribution in [3.63, 3.8) is 0 Å². The molecule has 1 heterocycles. The topological polar surface area (TPSA) is 46.2 Å². The van der Waals surface area contributed by atoms with Crippen LogP contribution in [-0.2, 0) is 0 Å². The number of aromatic nitrogens is 1. The van der Waals surface area contributed by atoms with Crippen molar-refractivity contribution in [3.05, 3.63) is 18.3 Å². The molecule has 2 N–H and O–H groups in total. The van der Waals surface area contributed by atoms with E-state index in [-0.39, 0.29) is 6.10 Å². The Morgan fingerprint density at radius 3 is 2.71 bits per heavy atom. The lowest BCUT2D eigenvalue weighted by atomic mass is 10.2. The number of anilines is 1. The van der Waals surface area contributed by atoms with Crippen molar-refractivity contribution in [2.24, 2.45) is 5.92 Å². The third-order valence-electron chi connectivity index (χ3n) is 2.30. The Labute approximate surface area is 104 Å². The van der Waals surface area contributed by atoms with E-state index >= 15 is 0 Å². The van der Waals surface area contributed by atoms with Crippen molar-refractivity contribution in [2.45, 2.75) is 26.9 Å². The van der Waals surface area contributed by atoms with Gasteiger partial charge in [-0.2, -0.15) is 0 Å². The average molecular weight is 237 g/mol. The average Bonchev–Trinajstić information content (AvgIpc) is 2.27. The minimum absolute atomic E-state index is 0.162. The van der Waals surface area contributed by atoms with Crippen molar-refractivity contribution in [2.75, 3.05) is 25.5 Å².